The van der Waals surface area contributed by atoms with E-state index >= 15 is 4.39 Å². The highest BCUT2D eigenvalue weighted by Gasteiger charge is 2.35. The molecule has 0 radical (unpaired) electrons. The summed E-state index contributed by atoms with van der Waals surface area (Å²) in [4.78, 5) is 14.0. The summed E-state index contributed by atoms with van der Waals surface area (Å²) in [6, 6.07) is 5.00. The number of fused-ring (bicyclic) bond motifs is 1. The van der Waals surface area contributed by atoms with E-state index in [0.717, 1.165) is 50.0 Å². The van der Waals surface area contributed by atoms with E-state index in [0.29, 0.717) is 31.0 Å². The molecule has 0 spiro atoms. The topological polar surface area (TPSA) is 110 Å². The molecule has 236 valence electrons. The van der Waals surface area contributed by atoms with Crippen LogP contribution in [0.15, 0.2) is 12.1 Å². The fourth-order valence-electron chi connectivity index (χ4n) is 7.06. The summed E-state index contributed by atoms with van der Waals surface area (Å²) < 4.78 is 50.6. The van der Waals surface area contributed by atoms with Gasteiger partial charge in [-0.2, -0.15) is 15.2 Å². The molecule has 2 aromatic heterocycles. The summed E-state index contributed by atoms with van der Waals surface area (Å²) in [6.07, 6.45) is 4.33. The number of nitrogens with two attached hydrogens (primary N) is 1. The summed E-state index contributed by atoms with van der Waals surface area (Å²) in [5, 5.41) is 10.6. The first-order valence-corrected chi connectivity index (χ1v) is 16.5. The number of ether oxygens (including phenoxy) is 3. The molecule has 5 heterocycles. The van der Waals surface area contributed by atoms with Crippen molar-refractivity contribution in [2.24, 2.45) is 0 Å². The van der Waals surface area contributed by atoms with Crippen LogP contribution in [0.1, 0.15) is 44.6 Å². The van der Waals surface area contributed by atoms with Crippen LogP contribution in [-0.2, 0) is 4.74 Å². The number of hydrogen-bond acceptors (Lipinski definition) is 10. The predicted octanol–water partition coefficient (Wildman–Crippen LogP) is 6.53. The molecule has 45 heavy (non-hydrogen) atoms. The van der Waals surface area contributed by atoms with Crippen molar-refractivity contribution in [2.45, 2.75) is 57.2 Å². The third kappa shape index (κ3) is 5.10. The Labute approximate surface area is 268 Å². The SMILES string of the molecule is C[C@H](Oc1nc2c3c(c(Cl)c(-c4ccc(F)c5sc(N)c(C#N)c45)c(F)c3n1)OCCN2C1CCCOCC1)[C@@H]1CCCN1C. The minimum Gasteiger partial charge on any atom is -0.489 e. The van der Waals surface area contributed by atoms with Gasteiger partial charge in [0.05, 0.1) is 27.2 Å². The first-order chi connectivity index (χ1) is 21.8. The number of nitrogens with zero attached hydrogens (tertiary/aromatic N) is 5. The van der Waals surface area contributed by atoms with Crippen LogP contribution in [0, 0.1) is 23.0 Å². The van der Waals surface area contributed by atoms with Gasteiger partial charge < -0.3 is 24.8 Å². The molecule has 0 aliphatic carbocycles. The van der Waals surface area contributed by atoms with Crippen molar-refractivity contribution in [2.75, 3.05) is 50.6 Å². The zero-order chi connectivity index (χ0) is 31.4. The monoisotopic (exact) mass is 654 g/mol. The second kappa shape index (κ2) is 12.0. The maximum Gasteiger partial charge on any atom is 0.319 e. The van der Waals surface area contributed by atoms with Gasteiger partial charge in [-0.15, -0.1) is 11.3 Å². The Bertz CT molecular complexity index is 1840. The van der Waals surface area contributed by atoms with Gasteiger partial charge >= 0.3 is 6.01 Å². The molecule has 2 saturated heterocycles. The Balaban J connectivity index is 1.48. The Morgan fingerprint density at radius 3 is 2.76 bits per heavy atom. The van der Waals surface area contributed by atoms with Crippen LogP contribution < -0.4 is 20.1 Å². The number of nitrogen functional groups attached to an aromatic ring is 1. The molecule has 7 rings (SSSR count). The molecule has 0 bridgehead atoms. The van der Waals surface area contributed by atoms with Gasteiger partial charge in [-0.25, -0.2) is 8.78 Å². The van der Waals surface area contributed by atoms with E-state index in [1.807, 2.05) is 6.92 Å². The van der Waals surface area contributed by atoms with Crippen molar-refractivity contribution in [3.63, 3.8) is 0 Å². The van der Waals surface area contributed by atoms with Crippen LogP contribution in [0.4, 0.5) is 19.6 Å². The molecule has 2 aromatic carbocycles. The van der Waals surface area contributed by atoms with Gasteiger partial charge in [-0.05, 0) is 64.3 Å². The molecular weight excluding hydrogens is 622 g/mol. The lowest BCUT2D eigenvalue weighted by molar-refractivity contribution is 0.112. The van der Waals surface area contributed by atoms with Crippen molar-refractivity contribution in [3.05, 3.63) is 34.4 Å². The number of nitriles is 1. The lowest BCUT2D eigenvalue weighted by Crippen LogP contribution is -2.39. The van der Waals surface area contributed by atoms with Crippen LogP contribution in [0.5, 0.6) is 11.8 Å². The van der Waals surface area contributed by atoms with Gasteiger partial charge in [0.15, 0.2) is 11.6 Å². The first-order valence-electron chi connectivity index (χ1n) is 15.3. The standard InChI is InChI=1S/C32H33ClF2N6O3S/c1-16(21-6-3-10-40(21)2)44-32-38-27-24-28(43-14-11-41(31(24)39-32)17-5-4-12-42-13-9-17)25(33)23(26(27)35)18-7-8-20(34)29-22(18)19(15-36)30(37)45-29/h7-8,16-17,21H,3-6,9-14,37H2,1-2H3/t16-,17?,21-/m0/s1. The quantitative estimate of drug-likeness (QED) is 0.257. The van der Waals surface area contributed by atoms with Crippen LogP contribution in [0.25, 0.3) is 32.1 Å². The second-order valence-corrected chi connectivity index (χ2v) is 13.3. The maximum atomic E-state index is 17.1. The molecule has 0 amide bonds. The van der Waals surface area contributed by atoms with Gasteiger partial charge in [-0.3, -0.25) is 4.90 Å². The normalized spacial score (nSPS) is 21.4. The van der Waals surface area contributed by atoms with Gasteiger partial charge in [0.25, 0.3) is 0 Å². The highest BCUT2D eigenvalue weighted by molar-refractivity contribution is 7.23. The lowest BCUT2D eigenvalue weighted by Gasteiger charge is -2.31. The fraction of sp³-hybridized carbons (Fsp3) is 0.469. The second-order valence-electron chi connectivity index (χ2n) is 11.9. The number of benzene rings is 2. The highest BCUT2D eigenvalue weighted by Crippen LogP contribution is 2.51. The third-order valence-electron chi connectivity index (χ3n) is 9.26. The number of likely N-dealkylation sites (tertiary alicyclic amines) is 1. The molecule has 3 aliphatic heterocycles. The molecule has 9 nitrogen and oxygen atoms in total. The van der Waals surface area contributed by atoms with E-state index in [1.54, 1.807) is 0 Å². The number of rotatable bonds is 5. The number of likely N-dealkylation sites (N-methyl/N-ethyl adjacent to an activating group) is 1. The van der Waals surface area contributed by atoms with E-state index in [1.165, 1.54) is 12.1 Å². The van der Waals surface area contributed by atoms with Crippen molar-refractivity contribution in [1.29, 1.82) is 5.26 Å². The Hall–Kier alpha value is -3.50. The van der Waals surface area contributed by atoms with Crippen LogP contribution in [-0.4, -0.2) is 73.0 Å². The van der Waals surface area contributed by atoms with Gasteiger partial charge in [0.2, 0.25) is 0 Å². The van der Waals surface area contributed by atoms with Gasteiger partial charge in [-0.1, -0.05) is 17.7 Å². The summed E-state index contributed by atoms with van der Waals surface area (Å²) in [7, 11) is 2.07. The largest absolute Gasteiger partial charge is 0.489 e. The molecular formula is C32H33ClF2N6O3S. The molecule has 2 N–H and O–H groups in total. The molecule has 2 fully saturated rings. The Kier molecular flexibility index (Phi) is 8.06. The molecule has 4 aromatic rings. The number of halogens is 3. The van der Waals surface area contributed by atoms with Gasteiger partial charge in [0.1, 0.15) is 40.9 Å². The number of thiophene rings is 1. The molecule has 3 aliphatic rings. The predicted molar refractivity (Wildman–Crippen MR) is 171 cm³/mol. The van der Waals surface area contributed by atoms with Crippen LogP contribution in [0.3, 0.4) is 0 Å². The van der Waals surface area contributed by atoms with E-state index in [4.69, 9.17) is 36.5 Å². The molecule has 13 heteroatoms. The number of aromatic nitrogens is 2. The molecule has 0 saturated carbocycles. The number of hydrogen-bond donors (Lipinski definition) is 1. The van der Waals surface area contributed by atoms with E-state index in [9.17, 15) is 9.65 Å². The van der Waals surface area contributed by atoms with Gasteiger partial charge in [0, 0.05) is 36.2 Å². The van der Waals surface area contributed by atoms with E-state index in [-0.39, 0.29) is 78.9 Å². The van der Waals surface area contributed by atoms with Crippen molar-refractivity contribution in [3.8, 4) is 29.0 Å². The van der Waals surface area contributed by atoms with E-state index in [2.05, 4.69) is 27.9 Å². The minimum absolute atomic E-state index is 0.00733. The van der Waals surface area contributed by atoms with Crippen molar-refractivity contribution in [1.82, 2.24) is 14.9 Å². The summed E-state index contributed by atoms with van der Waals surface area (Å²) >= 11 is 7.97. The van der Waals surface area contributed by atoms with E-state index < -0.39 is 11.6 Å². The number of anilines is 2. The minimum atomic E-state index is -0.742. The van der Waals surface area contributed by atoms with Crippen LogP contribution in [0.2, 0.25) is 5.02 Å². The first kappa shape index (κ1) is 30.2. The summed E-state index contributed by atoms with van der Waals surface area (Å²) in [5.41, 5.74) is 6.32. The molecule has 3 atom stereocenters. The van der Waals surface area contributed by atoms with Crippen LogP contribution >= 0.6 is 22.9 Å². The van der Waals surface area contributed by atoms with Crippen molar-refractivity contribution < 1.29 is 23.0 Å². The lowest BCUT2D eigenvalue weighted by atomic mass is 9.96. The third-order valence-corrected chi connectivity index (χ3v) is 10.7. The summed E-state index contributed by atoms with van der Waals surface area (Å²) in [6.45, 7) is 5.00. The zero-order valence-corrected chi connectivity index (χ0v) is 26.6. The Morgan fingerprint density at radius 1 is 1.13 bits per heavy atom. The molecule has 1 unspecified atom stereocenters. The highest BCUT2D eigenvalue weighted by atomic mass is 35.5. The van der Waals surface area contributed by atoms with Crippen molar-refractivity contribution >= 4 is 54.7 Å². The smallest absolute Gasteiger partial charge is 0.319 e. The maximum absolute atomic E-state index is 17.1. The average molecular weight is 655 g/mol. The Morgan fingerprint density at radius 2 is 1.98 bits per heavy atom. The average Bonchev–Trinajstić information content (AvgIpc) is 3.40. The summed E-state index contributed by atoms with van der Waals surface area (Å²) in [5.74, 6) is -0.572. The fourth-order valence-corrected chi connectivity index (χ4v) is 8.34. The zero-order valence-electron chi connectivity index (χ0n) is 25.0.